The van der Waals surface area contributed by atoms with Gasteiger partial charge in [0, 0.05) is 22.8 Å². The molecule has 0 saturated heterocycles. The van der Waals surface area contributed by atoms with Gasteiger partial charge in [-0.1, -0.05) is 17.3 Å². The third-order valence-corrected chi connectivity index (χ3v) is 7.50. The summed E-state index contributed by atoms with van der Waals surface area (Å²) in [6, 6.07) is 16.0. The Labute approximate surface area is 222 Å². The van der Waals surface area contributed by atoms with Gasteiger partial charge in [-0.05, 0) is 74.0 Å². The van der Waals surface area contributed by atoms with Crippen molar-refractivity contribution in [3.05, 3.63) is 111 Å². The van der Waals surface area contributed by atoms with Gasteiger partial charge in [0.05, 0.1) is 17.1 Å². The quantitative estimate of drug-likeness (QED) is 0.311. The van der Waals surface area contributed by atoms with Crippen LogP contribution in [0.3, 0.4) is 0 Å². The first-order chi connectivity index (χ1) is 18.6. The largest absolute Gasteiger partial charge is 0.337 e. The number of aryl methyl sites for hydroxylation is 1. The molecule has 0 atom stereocenters. The Morgan fingerprint density at radius 3 is 2.44 bits per heavy atom. The van der Waals surface area contributed by atoms with Crippen LogP contribution < -0.4 is 15.6 Å². The zero-order valence-electron chi connectivity index (χ0n) is 20.8. The highest BCUT2D eigenvalue weighted by Crippen LogP contribution is 2.23. The van der Waals surface area contributed by atoms with Gasteiger partial charge in [-0.15, -0.1) is 0 Å². The molecule has 39 heavy (non-hydrogen) atoms. The Kier molecular flexibility index (Phi) is 6.71. The van der Waals surface area contributed by atoms with Gasteiger partial charge < -0.3 is 9.84 Å². The molecular formula is C27H22FN5O5S. The third-order valence-electron chi connectivity index (χ3n) is 6.15. The fourth-order valence-electron chi connectivity index (χ4n) is 3.90. The summed E-state index contributed by atoms with van der Waals surface area (Å²) in [4.78, 5) is 30.7. The monoisotopic (exact) mass is 547 g/mol. The van der Waals surface area contributed by atoms with E-state index in [4.69, 9.17) is 4.52 Å². The highest BCUT2D eigenvalue weighted by molar-refractivity contribution is 7.92. The Balaban J connectivity index is 1.41. The van der Waals surface area contributed by atoms with E-state index in [1.54, 1.807) is 38.1 Å². The molecule has 5 rings (SSSR count). The van der Waals surface area contributed by atoms with E-state index in [1.165, 1.54) is 53.2 Å². The molecule has 5 aromatic rings. The van der Waals surface area contributed by atoms with Gasteiger partial charge in [0.15, 0.2) is 0 Å². The van der Waals surface area contributed by atoms with Gasteiger partial charge in [0.25, 0.3) is 21.5 Å². The second-order valence-electron chi connectivity index (χ2n) is 8.80. The lowest BCUT2D eigenvalue weighted by molar-refractivity contribution is 0.102. The van der Waals surface area contributed by atoms with Crippen LogP contribution in [0.2, 0.25) is 0 Å². The molecule has 198 valence electrons. The topological polar surface area (TPSA) is 136 Å². The number of nitrogens with zero attached hydrogens (tertiary/aromatic N) is 3. The third kappa shape index (κ3) is 5.27. The molecule has 2 N–H and O–H groups in total. The summed E-state index contributed by atoms with van der Waals surface area (Å²) in [7, 11) is -3.97. The maximum atomic E-state index is 13.4. The highest BCUT2D eigenvalue weighted by atomic mass is 32.2. The van der Waals surface area contributed by atoms with Crippen molar-refractivity contribution in [2.75, 3.05) is 10.0 Å². The number of nitrogens with one attached hydrogen (secondary N) is 2. The summed E-state index contributed by atoms with van der Waals surface area (Å²) in [6.07, 6.45) is 1.54. The van der Waals surface area contributed by atoms with E-state index in [9.17, 15) is 22.4 Å². The summed E-state index contributed by atoms with van der Waals surface area (Å²) in [6.45, 7) is 3.45. The minimum Gasteiger partial charge on any atom is -0.337 e. The predicted molar refractivity (Wildman–Crippen MR) is 143 cm³/mol. The molecule has 0 saturated carbocycles. The van der Waals surface area contributed by atoms with Crippen LogP contribution in [0.15, 0.2) is 87.1 Å². The number of aromatic nitrogens is 3. The van der Waals surface area contributed by atoms with E-state index in [-0.39, 0.29) is 28.6 Å². The Morgan fingerprint density at radius 2 is 1.77 bits per heavy atom. The molecule has 0 aliphatic rings. The van der Waals surface area contributed by atoms with E-state index in [2.05, 4.69) is 20.2 Å². The molecule has 1 amide bonds. The number of pyridine rings is 2. The lowest BCUT2D eigenvalue weighted by Crippen LogP contribution is -2.30. The van der Waals surface area contributed by atoms with E-state index < -0.39 is 27.3 Å². The summed E-state index contributed by atoms with van der Waals surface area (Å²) < 4.78 is 47.6. The molecule has 3 heterocycles. The molecule has 3 aromatic heterocycles. The van der Waals surface area contributed by atoms with Crippen molar-refractivity contribution in [2.45, 2.75) is 25.3 Å². The van der Waals surface area contributed by atoms with Crippen LogP contribution in [0, 0.1) is 19.7 Å². The van der Waals surface area contributed by atoms with Crippen molar-refractivity contribution >= 4 is 38.5 Å². The number of carbonyl (C=O) groups is 1. The van der Waals surface area contributed by atoms with Crippen LogP contribution in [0.5, 0.6) is 0 Å². The normalized spacial score (nSPS) is 11.5. The number of rotatable bonds is 7. The van der Waals surface area contributed by atoms with Crippen LogP contribution in [0.25, 0.3) is 11.0 Å². The van der Waals surface area contributed by atoms with Crippen molar-refractivity contribution in [3.63, 3.8) is 0 Å². The average molecular weight is 548 g/mol. The number of halogens is 1. The smallest absolute Gasteiger partial charge is 0.265 e. The standard InChI is InChI=1S/C27H22FN5O5S/c1-16-17(2)31-38-26(16)32-39(36,37)22-11-9-21(10-12-22)30-25(34)23-14-19-4-3-13-29-24(19)33(27(23)35)15-18-5-7-20(28)8-6-18/h3-14,32H,15H2,1-2H3,(H,30,34). The van der Waals surface area contributed by atoms with Crippen molar-refractivity contribution in [1.82, 2.24) is 14.7 Å². The molecule has 0 fully saturated rings. The Hall–Kier alpha value is -4.84. The number of amides is 1. The zero-order chi connectivity index (χ0) is 27.7. The van der Waals surface area contributed by atoms with Crippen molar-refractivity contribution < 1.29 is 22.1 Å². The molecule has 0 unspecified atom stereocenters. The SMILES string of the molecule is Cc1noc(NS(=O)(=O)c2ccc(NC(=O)c3cc4cccnc4n(Cc4ccc(F)cc4)c3=O)cc2)c1C. The second-order valence-corrected chi connectivity index (χ2v) is 10.5. The summed E-state index contributed by atoms with van der Waals surface area (Å²) in [5, 5.41) is 6.93. The Bertz CT molecular complexity index is 1860. The second kappa shape index (κ2) is 10.1. The molecule has 0 aliphatic carbocycles. The number of benzene rings is 2. The first-order valence-electron chi connectivity index (χ1n) is 11.7. The van der Waals surface area contributed by atoms with Crippen LogP contribution in [0.4, 0.5) is 16.0 Å². The predicted octanol–water partition coefficient (Wildman–Crippen LogP) is 4.24. The minimum absolute atomic E-state index is 0.0209. The average Bonchev–Trinajstić information content (AvgIpc) is 3.23. The molecule has 0 bridgehead atoms. The van der Waals surface area contributed by atoms with Gasteiger partial charge in [0.2, 0.25) is 5.88 Å². The van der Waals surface area contributed by atoms with Gasteiger partial charge in [-0.2, -0.15) is 0 Å². The van der Waals surface area contributed by atoms with Gasteiger partial charge in [-0.3, -0.25) is 14.2 Å². The van der Waals surface area contributed by atoms with Crippen LogP contribution >= 0.6 is 0 Å². The lowest BCUT2D eigenvalue weighted by Gasteiger charge is -2.13. The first-order valence-corrected chi connectivity index (χ1v) is 13.2. The molecule has 12 heteroatoms. The number of fused-ring (bicyclic) bond motifs is 1. The van der Waals surface area contributed by atoms with E-state index in [0.717, 1.165) is 0 Å². The Morgan fingerprint density at radius 1 is 1.05 bits per heavy atom. The minimum atomic E-state index is -3.97. The van der Waals surface area contributed by atoms with Crippen molar-refractivity contribution in [2.24, 2.45) is 0 Å². The summed E-state index contributed by atoms with van der Waals surface area (Å²) in [5.41, 5.74) is 1.73. The van der Waals surface area contributed by atoms with E-state index in [0.29, 0.717) is 27.9 Å². The molecule has 0 aliphatic heterocycles. The maximum absolute atomic E-state index is 13.4. The van der Waals surface area contributed by atoms with E-state index >= 15 is 0 Å². The first kappa shape index (κ1) is 25.8. The number of sulfonamides is 1. The van der Waals surface area contributed by atoms with Crippen LogP contribution in [-0.2, 0) is 16.6 Å². The zero-order valence-corrected chi connectivity index (χ0v) is 21.6. The summed E-state index contributed by atoms with van der Waals surface area (Å²) in [5.74, 6) is -1.06. The van der Waals surface area contributed by atoms with Crippen LogP contribution in [-0.4, -0.2) is 29.0 Å². The molecule has 10 nitrogen and oxygen atoms in total. The number of hydrogen-bond donors (Lipinski definition) is 2. The van der Waals surface area contributed by atoms with Gasteiger partial charge >= 0.3 is 0 Å². The fourth-order valence-corrected chi connectivity index (χ4v) is 4.94. The van der Waals surface area contributed by atoms with Crippen molar-refractivity contribution in [1.29, 1.82) is 0 Å². The van der Waals surface area contributed by atoms with Gasteiger partial charge in [-0.25, -0.2) is 22.5 Å². The van der Waals surface area contributed by atoms with Crippen molar-refractivity contribution in [3.8, 4) is 0 Å². The maximum Gasteiger partial charge on any atom is 0.265 e. The summed E-state index contributed by atoms with van der Waals surface area (Å²) >= 11 is 0. The number of anilines is 2. The number of carbonyl (C=O) groups excluding carboxylic acids is 1. The fraction of sp³-hybridized carbons (Fsp3) is 0.111. The molecule has 0 radical (unpaired) electrons. The molecule has 2 aromatic carbocycles. The molecule has 0 spiro atoms. The van der Waals surface area contributed by atoms with Gasteiger partial charge in [0.1, 0.15) is 17.0 Å². The highest BCUT2D eigenvalue weighted by Gasteiger charge is 2.20. The molecular weight excluding hydrogens is 525 g/mol. The van der Waals surface area contributed by atoms with Crippen LogP contribution in [0.1, 0.15) is 27.2 Å². The number of hydrogen-bond acceptors (Lipinski definition) is 7. The van der Waals surface area contributed by atoms with E-state index in [1.807, 2.05) is 0 Å². The lowest BCUT2D eigenvalue weighted by atomic mass is 10.1.